The molecule has 2 heterocycles. The van der Waals surface area contributed by atoms with Gasteiger partial charge in [0.15, 0.2) is 0 Å². The van der Waals surface area contributed by atoms with Crippen LogP contribution < -0.4 is 5.32 Å². The van der Waals surface area contributed by atoms with E-state index in [1.165, 1.54) is 23.5 Å². The summed E-state index contributed by atoms with van der Waals surface area (Å²) in [5.74, 6) is -0.314. The number of hydrogen-bond donors (Lipinski definition) is 1. The van der Waals surface area contributed by atoms with E-state index in [2.05, 4.69) is 10.3 Å². The molecule has 1 aliphatic heterocycles. The Kier molecular flexibility index (Phi) is 6.50. The summed E-state index contributed by atoms with van der Waals surface area (Å²) in [6.07, 6.45) is -2.78. The van der Waals surface area contributed by atoms with Gasteiger partial charge in [0.2, 0.25) is 5.91 Å². The van der Waals surface area contributed by atoms with E-state index in [0.29, 0.717) is 34.2 Å². The summed E-state index contributed by atoms with van der Waals surface area (Å²) < 4.78 is 38.3. The summed E-state index contributed by atoms with van der Waals surface area (Å²) in [5.41, 5.74) is 0.364. The normalized spacial score (nSPS) is 17.3. The van der Waals surface area contributed by atoms with Crippen molar-refractivity contribution in [3.05, 3.63) is 40.4 Å². The number of nitrogens with zero attached hydrogens (tertiary/aromatic N) is 2. The molecule has 1 fully saturated rings. The average Bonchev–Trinajstić information content (AvgIpc) is 3.08. The van der Waals surface area contributed by atoms with Crippen molar-refractivity contribution < 1.29 is 22.8 Å². The van der Waals surface area contributed by atoms with Crippen LogP contribution >= 0.6 is 11.3 Å². The monoisotopic (exact) mass is 439 g/mol. The average molecular weight is 440 g/mol. The van der Waals surface area contributed by atoms with Gasteiger partial charge in [0.25, 0.3) is 5.91 Å². The fraction of sp³-hybridized carbons (Fsp3) is 0.476. The number of amides is 2. The van der Waals surface area contributed by atoms with Crippen LogP contribution in [-0.4, -0.2) is 40.8 Å². The van der Waals surface area contributed by atoms with Crippen molar-refractivity contribution in [3.63, 3.8) is 0 Å². The molecule has 30 heavy (non-hydrogen) atoms. The van der Waals surface area contributed by atoms with Gasteiger partial charge in [-0.2, -0.15) is 13.2 Å². The number of nitrogens with one attached hydrogen (secondary N) is 1. The zero-order valence-electron chi connectivity index (χ0n) is 17.0. The van der Waals surface area contributed by atoms with E-state index in [1.54, 1.807) is 11.8 Å². The van der Waals surface area contributed by atoms with Crippen LogP contribution in [0.5, 0.6) is 0 Å². The maximum Gasteiger partial charge on any atom is 0.416 e. The van der Waals surface area contributed by atoms with Gasteiger partial charge in [-0.3, -0.25) is 9.59 Å². The van der Waals surface area contributed by atoms with Crippen molar-refractivity contribution in [2.75, 3.05) is 13.1 Å². The highest BCUT2D eigenvalue weighted by molar-refractivity contribution is 7.17. The fourth-order valence-corrected chi connectivity index (χ4v) is 4.35. The molecule has 1 aromatic carbocycles. The number of carbonyl (C=O) groups excluding carboxylic acids is 2. The van der Waals surface area contributed by atoms with Gasteiger partial charge in [-0.1, -0.05) is 26.0 Å². The minimum Gasteiger partial charge on any atom is -0.351 e. The van der Waals surface area contributed by atoms with Crippen LogP contribution in [0.15, 0.2) is 24.3 Å². The van der Waals surface area contributed by atoms with Crippen molar-refractivity contribution in [2.24, 2.45) is 5.92 Å². The van der Waals surface area contributed by atoms with Crippen LogP contribution in [0.3, 0.4) is 0 Å². The number of likely N-dealkylation sites (tertiary alicyclic amines) is 1. The first-order valence-electron chi connectivity index (χ1n) is 9.81. The SMILES string of the molecule is Cc1nc(-c2ccc(C(F)(F)F)cc2)sc1C(=O)N1CCCC(NC(=O)C(C)C)C1. The lowest BCUT2D eigenvalue weighted by atomic mass is 10.0. The maximum atomic E-state index is 13.1. The number of thiazole rings is 1. The number of benzene rings is 1. The second-order valence-electron chi connectivity index (χ2n) is 7.76. The fourth-order valence-electron chi connectivity index (χ4n) is 3.31. The zero-order valence-corrected chi connectivity index (χ0v) is 17.9. The van der Waals surface area contributed by atoms with Crippen molar-refractivity contribution in [1.82, 2.24) is 15.2 Å². The predicted molar refractivity (Wildman–Crippen MR) is 109 cm³/mol. The van der Waals surface area contributed by atoms with Crippen LogP contribution in [0, 0.1) is 12.8 Å². The Hall–Kier alpha value is -2.42. The number of aromatic nitrogens is 1. The topological polar surface area (TPSA) is 62.3 Å². The molecule has 1 aliphatic rings. The second kappa shape index (κ2) is 8.75. The van der Waals surface area contributed by atoms with Gasteiger partial charge in [0, 0.05) is 30.6 Å². The molecule has 9 heteroatoms. The Morgan fingerprint density at radius 2 is 1.90 bits per heavy atom. The first kappa shape index (κ1) is 22.3. The molecule has 1 atom stereocenters. The molecule has 0 saturated carbocycles. The largest absolute Gasteiger partial charge is 0.416 e. The summed E-state index contributed by atoms with van der Waals surface area (Å²) in [6, 6.07) is 4.68. The lowest BCUT2D eigenvalue weighted by Crippen LogP contribution is -2.50. The first-order valence-corrected chi connectivity index (χ1v) is 10.6. The molecule has 2 amide bonds. The van der Waals surface area contributed by atoms with E-state index < -0.39 is 11.7 Å². The third-order valence-electron chi connectivity index (χ3n) is 5.03. The summed E-state index contributed by atoms with van der Waals surface area (Å²) in [7, 11) is 0. The number of piperidine rings is 1. The minimum atomic E-state index is -4.39. The molecule has 162 valence electrons. The Morgan fingerprint density at radius 3 is 2.50 bits per heavy atom. The Balaban J connectivity index is 1.74. The summed E-state index contributed by atoms with van der Waals surface area (Å²) in [5, 5.41) is 3.49. The Labute approximate surface area is 177 Å². The van der Waals surface area contributed by atoms with E-state index in [0.717, 1.165) is 25.0 Å². The van der Waals surface area contributed by atoms with E-state index in [1.807, 2.05) is 13.8 Å². The Morgan fingerprint density at radius 1 is 1.23 bits per heavy atom. The summed E-state index contributed by atoms with van der Waals surface area (Å²) in [4.78, 5) is 31.6. The third-order valence-corrected chi connectivity index (χ3v) is 6.22. The lowest BCUT2D eigenvalue weighted by Gasteiger charge is -2.33. The van der Waals surface area contributed by atoms with Gasteiger partial charge in [-0.15, -0.1) is 11.3 Å². The summed E-state index contributed by atoms with van der Waals surface area (Å²) in [6.45, 7) is 6.40. The maximum absolute atomic E-state index is 13.1. The van der Waals surface area contributed by atoms with E-state index >= 15 is 0 Å². The first-order chi connectivity index (χ1) is 14.1. The van der Waals surface area contributed by atoms with Gasteiger partial charge in [-0.05, 0) is 31.9 Å². The highest BCUT2D eigenvalue weighted by Crippen LogP contribution is 2.33. The van der Waals surface area contributed by atoms with Gasteiger partial charge >= 0.3 is 6.18 Å². The highest BCUT2D eigenvalue weighted by atomic mass is 32.1. The number of carbonyl (C=O) groups is 2. The van der Waals surface area contributed by atoms with Crippen molar-refractivity contribution in [1.29, 1.82) is 0 Å². The third kappa shape index (κ3) is 5.00. The van der Waals surface area contributed by atoms with E-state index in [-0.39, 0.29) is 23.8 Å². The van der Waals surface area contributed by atoms with Gasteiger partial charge in [-0.25, -0.2) is 4.98 Å². The van der Waals surface area contributed by atoms with E-state index in [9.17, 15) is 22.8 Å². The van der Waals surface area contributed by atoms with Crippen LogP contribution in [0.4, 0.5) is 13.2 Å². The van der Waals surface area contributed by atoms with Crippen LogP contribution in [-0.2, 0) is 11.0 Å². The minimum absolute atomic E-state index is 0.0344. The lowest BCUT2D eigenvalue weighted by molar-refractivity contribution is -0.137. The van der Waals surface area contributed by atoms with Crippen molar-refractivity contribution >= 4 is 23.2 Å². The number of halogens is 3. The van der Waals surface area contributed by atoms with Crippen molar-refractivity contribution in [3.8, 4) is 10.6 Å². The van der Waals surface area contributed by atoms with Gasteiger partial charge < -0.3 is 10.2 Å². The second-order valence-corrected chi connectivity index (χ2v) is 8.76. The smallest absolute Gasteiger partial charge is 0.351 e. The molecule has 1 unspecified atom stereocenters. The standard InChI is InChI=1S/C21H24F3N3O2S/c1-12(2)18(28)26-16-5-4-10-27(11-16)20(29)17-13(3)25-19(30-17)14-6-8-15(9-7-14)21(22,23)24/h6-9,12,16H,4-5,10-11H2,1-3H3,(H,26,28). The molecule has 1 saturated heterocycles. The summed E-state index contributed by atoms with van der Waals surface area (Å²) >= 11 is 1.18. The number of hydrogen-bond acceptors (Lipinski definition) is 4. The molecule has 1 N–H and O–H groups in total. The van der Waals surface area contributed by atoms with Gasteiger partial charge in [0.05, 0.1) is 11.3 Å². The Bertz CT molecular complexity index is 923. The molecular weight excluding hydrogens is 415 g/mol. The molecule has 0 spiro atoms. The predicted octanol–water partition coefficient (Wildman–Crippen LogP) is 4.51. The molecule has 0 aliphatic carbocycles. The van der Waals surface area contributed by atoms with Crippen LogP contribution in [0.2, 0.25) is 0 Å². The number of rotatable bonds is 4. The molecule has 0 radical (unpaired) electrons. The van der Waals surface area contributed by atoms with Crippen LogP contribution in [0.25, 0.3) is 10.6 Å². The van der Waals surface area contributed by atoms with Crippen molar-refractivity contribution in [2.45, 2.75) is 45.8 Å². The van der Waals surface area contributed by atoms with Gasteiger partial charge in [0.1, 0.15) is 9.88 Å². The molecular formula is C21H24F3N3O2S. The van der Waals surface area contributed by atoms with E-state index in [4.69, 9.17) is 0 Å². The molecule has 2 aromatic rings. The number of alkyl halides is 3. The molecule has 0 bridgehead atoms. The highest BCUT2D eigenvalue weighted by Gasteiger charge is 2.31. The quantitative estimate of drug-likeness (QED) is 0.762. The molecule has 3 rings (SSSR count). The molecule has 1 aromatic heterocycles. The molecule has 5 nitrogen and oxygen atoms in total. The number of aryl methyl sites for hydroxylation is 1. The van der Waals surface area contributed by atoms with Crippen LogP contribution in [0.1, 0.15) is 47.6 Å². The zero-order chi connectivity index (χ0) is 22.1.